The standard InChI is InChI=1S/C7H4N2O6.C6H9NO4/c10-7(11)4-1-2-5(8(12)13)6(3-4)9(14)15;1-6(5(8)9)3-2-4(6)7(10)11/h1-3H,(H,10,11);4H,2-3H2,1H3,(H,8,9). The molecular weight excluding hydrogens is 358 g/mol. The summed E-state index contributed by atoms with van der Waals surface area (Å²) in [5.74, 6) is -2.45. The molecule has 0 aromatic heterocycles. The molecule has 1 fully saturated rings. The number of nitro groups is 3. The van der Waals surface area contributed by atoms with Gasteiger partial charge in [0.25, 0.3) is 0 Å². The van der Waals surface area contributed by atoms with Crippen molar-refractivity contribution in [3.63, 3.8) is 0 Å². The van der Waals surface area contributed by atoms with Crippen LogP contribution in [0.15, 0.2) is 18.2 Å². The number of rotatable bonds is 5. The van der Waals surface area contributed by atoms with E-state index in [1.807, 2.05) is 0 Å². The fourth-order valence-electron chi connectivity index (χ4n) is 2.25. The van der Waals surface area contributed by atoms with Gasteiger partial charge in [-0.25, -0.2) is 4.79 Å². The number of aromatic carboxylic acids is 1. The van der Waals surface area contributed by atoms with Gasteiger partial charge in [0, 0.05) is 23.5 Å². The molecule has 1 saturated carbocycles. The Balaban J connectivity index is 0.000000273. The van der Waals surface area contributed by atoms with Crippen LogP contribution in [0.2, 0.25) is 0 Å². The van der Waals surface area contributed by atoms with E-state index >= 15 is 0 Å². The van der Waals surface area contributed by atoms with Crippen LogP contribution in [0.3, 0.4) is 0 Å². The quantitative estimate of drug-likeness (QED) is 0.566. The van der Waals surface area contributed by atoms with E-state index in [9.17, 15) is 39.9 Å². The molecule has 2 atom stereocenters. The zero-order valence-electron chi connectivity index (χ0n) is 13.2. The average Bonchev–Trinajstić information content (AvgIpc) is 2.51. The molecule has 26 heavy (non-hydrogen) atoms. The van der Waals surface area contributed by atoms with E-state index in [-0.39, 0.29) is 5.56 Å². The minimum Gasteiger partial charge on any atom is -0.481 e. The Morgan fingerprint density at radius 2 is 1.62 bits per heavy atom. The first kappa shape index (κ1) is 20.4. The summed E-state index contributed by atoms with van der Waals surface area (Å²) in [6.45, 7) is 1.42. The van der Waals surface area contributed by atoms with Crippen molar-refractivity contribution in [2.24, 2.45) is 5.41 Å². The fraction of sp³-hybridized carbons (Fsp3) is 0.385. The Morgan fingerprint density at radius 3 is 1.88 bits per heavy atom. The maximum Gasteiger partial charge on any atom is 0.346 e. The molecule has 2 unspecified atom stereocenters. The number of nitro benzene ring substituents is 2. The largest absolute Gasteiger partial charge is 0.481 e. The van der Waals surface area contributed by atoms with Crippen molar-refractivity contribution in [1.29, 1.82) is 0 Å². The molecule has 0 saturated heterocycles. The van der Waals surface area contributed by atoms with Gasteiger partial charge < -0.3 is 10.2 Å². The third-order valence-corrected chi connectivity index (χ3v) is 4.03. The number of hydrogen-bond donors (Lipinski definition) is 2. The average molecular weight is 371 g/mol. The number of carboxylic acids is 2. The number of benzene rings is 1. The van der Waals surface area contributed by atoms with Gasteiger partial charge in [-0.1, -0.05) is 0 Å². The van der Waals surface area contributed by atoms with E-state index < -0.39 is 49.5 Å². The van der Waals surface area contributed by atoms with Crippen LogP contribution in [0.5, 0.6) is 0 Å². The highest BCUT2D eigenvalue weighted by molar-refractivity contribution is 5.89. The van der Waals surface area contributed by atoms with Crippen LogP contribution in [0.25, 0.3) is 0 Å². The van der Waals surface area contributed by atoms with Crippen molar-refractivity contribution < 1.29 is 34.6 Å². The zero-order valence-corrected chi connectivity index (χ0v) is 13.2. The first-order valence-electron chi connectivity index (χ1n) is 6.94. The summed E-state index contributed by atoms with van der Waals surface area (Å²) < 4.78 is 0. The lowest BCUT2D eigenvalue weighted by atomic mass is 9.66. The van der Waals surface area contributed by atoms with E-state index in [4.69, 9.17) is 10.2 Å². The topological polar surface area (TPSA) is 204 Å². The van der Waals surface area contributed by atoms with E-state index in [1.165, 1.54) is 6.92 Å². The van der Waals surface area contributed by atoms with Crippen molar-refractivity contribution in [2.45, 2.75) is 25.8 Å². The summed E-state index contributed by atoms with van der Waals surface area (Å²) in [5, 5.41) is 48.1. The van der Waals surface area contributed by atoms with Crippen molar-refractivity contribution in [2.75, 3.05) is 0 Å². The highest BCUT2D eigenvalue weighted by Gasteiger charge is 2.57. The molecule has 13 heteroatoms. The Kier molecular flexibility index (Phi) is 5.89. The number of aliphatic carboxylic acids is 1. The molecule has 1 aliphatic carbocycles. The molecule has 13 nitrogen and oxygen atoms in total. The van der Waals surface area contributed by atoms with E-state index in [1.54, 1.807) is 0 Å². The Labute approximate surface area is 144 Å². The van der Waals surface area contributed by atoms with Gasteiger partial charge in [0.2, 0.25) is 6.04 Å². The maximum absolute atomic E-state index is 10.5. The summed E-state index contributed by atoms with van der Waals surface area (Å²) in [4.78, 5) is 49.6. The third kappa shape index (κ3) is 4.06. The number of carboxylic acid groups (broad SMARTS) is 2. The number of hydrogen-bond acceptors (Lipinski definition) is 8. The Morgan fingerprint density at radius 1 is 1.08 bits per heavy atom. The molecule has 0 amide bonds. The van der Waals surface area contributed by atoms with Crippen molar-refractivity contribution in [3.8, 4) is 0 Å². The molecule has 0 heterocycles. The van der Waals surface area contributed by atoms with E-state index in [2.05, 4.69) is 0 Å². The summed E-state index contributed by atoms with van der Waals surface area (Å²) >= 11 is 0. The Bertz CT molecular complexity index is 792. The number of carbonyl (C=O) groups is 2. The molecule has 0 spiro atoms. The summed E-state index contributed by atoms with van der Waals surface area (Å²) in [7, 11) is 0. The predicted molar refractivity (Wildman–Crippen MR) is 82.5 cm³/mol. The zero-order chi connectivity index (χ0) is 20.2. The predicted octanol–water partition coefficient (Wildman–Crippen LogP) is 1.72. The minimum atomic E-state index is -1.38. The first-order valence-corrected chi connectivity index (χ1v) is 6.94. The fourth-order valence-corrected chi connectivity index (χ4v) is 2.25. The molecule has 1 aromatic carbocycles. The van der Waals surface area contributed by atoms with Gasteiger partial charge in [-0.05, 0) is 19.4 Å². The maximum atomic E-state index is 10.5. The smallest absolute Gasteiger partial charge is 0.346 e. The van der Waals surface area contributed by atoms with Crippen LogP contribution in [0.1, 0.15) is 30.1 Å². The molecular formula is C13H13N3O10. The van der Waals surface area contributed by atoms with Gasteiger partial charge >= 0.3 is 23.3 Å². The van der Waals surface area contributed by atoms with E-state index in [0.717, 1.165) is 12.1 Å². The molecule has 0 bridgehead atoms. The number of nitrogens with zero attached hydrogens (tertiary/aromatic N) is 3. The lowest BCUT2D eigenvalue weighted by Crippen LogP contribution is -2.52. The second-order valence-electron chi connectivity index (χ2n) is 5.59. The molecule has 2 N–H and O–H groups in total. The van der Waals surface area contributed by atoms with Crippen LogP contribution < -0.4 is 0 Å². The summed E-state index contributed by atoms with van der Waals surface area (Å²) in [5.41, 5.74) is -3.05. The minimum absolute atomic E-state index is 0.368. The van der Waals surface area contributed by atoms with Crippen molar-refractivity contribution in [3.05, 3.63) is 54.1 Å². The normalized spacial score (nSPS) is 20.7. The Hall–Kier alpha value is -3.64. The van der Waals surface area contributed by atoms with Crippen LogP contribution >= 0.6 is 0 Å². The van der Waals surface area contributed by atoms with Crippen LogP contribution in [-0.4, -0.2) is 43.0 Å². The summed E-state index contributed by atoms with van der Waals surface area (Å²) in [6.07, 6.45) is 0.795. The van der Waals surface area contributed by atoms with Gasteiger partial charge in [0.15, 0.2) is 0 Å². The van der Waals surface area contributed by atoms with E-state index in [0.29, 0.717) is 18.9 Å². The second kappa shape index (κ2) is 7.50. The lowest BCUT2D eigenvalue weighted by Gasteiger charge is -2.36. The van der Waals surface area contributed by atoms with Gasteiger partial charge in [-0.15, -0.1) is 0 Å². The molecule has 140 valence electrons. The van der Waals surface area contributed by atoms with Gasteiger partial charge in [0.1, 0.15) is 5.41 Å². The highest BCUT2D eigenvalue weighted by atomic mass is 16.6. The van der Waals surface area contributed by atoms with Crippen LogP contribution in [0, 0.1) is 35.8 Å². The van der Waals surface area contributed by atoms with Crippen molar-refractivity contribution >= 4 is 23.3 Å². The first-order chi connectivity index (χ1) is 11.9. The summed E-state index contributed by atoms with van der Waals surface area (Å²) in [6, 6.07) is 1.50. The van der Waals surface area contributed by atoms with Gasteiger partial charge in [0.05, 0.1) is 15.4 Å². The molecule has 1 aromatic rings. The van der Waals surface area contributed by atoms with Crippen LogP contribution in [0.4, 0.5) is 11.4 Å². The lowest BCUT2D eigenvalue weighted by molar-refractivity contribution is -0.555. The monoisotopic (exact) mass is 371 g/mol. The highest BCUT2D eigenvalue weighted by Crippen LogP contribution is 2.42. The molecule has 0 aliphatic heterocycles. The SMILES string of the molecule is CC1(C(=O)O)CCC1[N+](=O)[O-].O=C(O)c1ccc([N+](=O)[O-])c([N+](=O)[O-])c1. The second-order valence-corrected chi connectivity index (χ2v) is 5.59. The van der Waals surface area contributed by atoms with Gasteiger partial charge in [-0.3, -0.25) is 35.1 Å². The van der Waals surface area contributed by atoms with Gasteiger partial charge in [-0.2, -0.15) is 0 Å². The molecule has 2 rings (SSSR count). The van der Waals surface area contributed by atoms with Crippen molar-refractivity contribution in [1.82, 2.24) is 0 Å². The molecule has 1 aliphatic rings. The van der Waals surface area contributed by atoms with Crippen LogP contribution in [-0.2, 0) is 4.79 Å². The third-order valence-electron chi connectivity index (χ3n) is 4.03. The molecule has 0 radical (unpaired) electrons.